The number of hydrogen-bond donors (Lipinski definition) is 1. The number of aryl methyl sites for hydroxylation is 1. The van der Waals surface area contributed by atoms with Gasteiger partial charge < -0.3 is 5.73 Å². The molecule has 19 heavy (non-hydrogen) atoms. The molecule has 2 aromatic heterocycles. The zero-order valence-electron chi connectivity index (χ0n) is 10.4. The largest absolute Gasteiger partial charge is 0.330 e. The number of benzene rings is 1. The molecule has 0 radical (unpaired) electrons. The van der Waals surface area contributed by atoms with Gasteiger partial charge in [0.15, 0.2) is 0 Å². The number of aromatic nitrogens is 3. The summed E-state index contributed by atoms with van der Waals surface area (Å²) in [6.07, 6.45) is 0.672. The maximum absolute atomic E-state index is 13.3. The molecule has 0 bridgehead atoms. The first-order valence-electron chi connectivity index (χ1n) is 5.99. The third-order valence-electron chi connectivity index (χ3n) is 3.04. The van der Waals surface area contributed by atoms with Crippen LogP contribution in [0.5, 0.6) is 0 Å². The Morgan fingerprint density at radius 2 is 2.21 bits per heavy atom. The van der Waals surface area contributed by atoms with E-state index >= 15 is 0 Å². The molecule has 0 aliphatic rings. The molecule has 0 fully saturated rings. The predicted octanol–water partition coefficient (Wildman–Crippen LogP) is 2.41. The summed E-state index contributed by atoms with van der Waals surface area (Å²) in [6.45, 7) is 2.29. The van der Waals surface area contributed by atoms with Crippen molar-refractivity contribution in [2.75, 3.05) is 6.54 Å². The van der Waals surface area contributed by atoms with E-state index in [1.54, 1.807) is 13.0 Å². The van der Waals surface area contributed by atoms with Crippen molar-refractivity contribution >= 4 is 16.3 Å². The van der Waals surface area contributed by atoms with Gasteiger partial charge in [0.05, 0.1) is 5.69 Å². The van der Waals surface area contributed by atoms with Gasteiger partial charge in [-0.25, -0.2) is 4.39 Å². The minimum Gasteiger partial charge on any atom is -0.330 e. The normalized spacial score (nSPS) is 11.3. The van der Waals surface area contributed by atoms with Crippen LogP contribution in [-0.4, -0.2) is 21.1 Å². The average Bonchev–Trinajstić information content (AvgIpc) is 2.96. The topological polar surface area (TPSA) is 56.2 Å². The maximum Gasteiger partial charge on any atom is 0.216 e. The fraction of sp³-hybridized carbons (Fsp3) is 0.231. The number of nitrogens with two attached hydrogens (primary N) is 1. The molecule has 0 amide bonds. The first kappa shape index (κ1) is 12.3. The second-order valence-electron chi connectivity index (χ2n) is 4.36. The Kier molecular flexibility index (Phi) is 3.04. The standard InChI is InChI=1S/C13H13FN4S/c1-8-6-9(2-3-10(8)14)11-7-19-13-17-16-12(4-5-15)18(11)13/h2-3,6-7H,4-5,15H2,1H3. The molecule has 0 aliphatic heterocycles. The number of hydrogen-bond acceptors (Lipinski definition) is 4. The molecule has 98 valence electrons. The summed E-state index contributed by atoms with van der Waals surface area (Å²) >= 11 is 1.52. The SMILES string of the molecule is Cc1cc(-c2csc3nnc(CCN)n23)ccc1F. The molecule has 4 nitrogen and oxygen atoms in total. The van der Waals surface area contributed by atoms with Crippen LogP contribution < -0.4 is 5.73 Å². The van der Waals surface area contributed by atoms with E-state index in [4.69, 9.17) is 5.73 Å². The van der Waals surface area contributed by atoms with Crippen LogP contribution in [0.1, 0.15) is 11.4 Å². The Labute approximate surface area is 113 Å². The Morgan fingerprint density at radius 3 is 2.95 bits per heavy atom. The average molecular weight is 276 g/mol. The van der Waals surface area contributed by atoms with Gasteiger partial charge in [-0.3, -0.25) is 4.40 Å². The first-order chi connectivity index (χ1) is 9.20. The fourth-order valence-corrected chi connectivity index (χ4v) is 2.93. The van der Waals surface area contributed by atoms with Crippen LogP contribution in [0.15, 0.2) is 23.6 Å². The van der Waals surface area contributed by atoms with E-state index in [2.05, 4.69) is 10.2 Å². The molecule has 3 rings (SSSR count). The van der Waals surface area contributed by atoms with E-state index in [-0.39, 0.29) is 5.82 Å². The van der Waals surface area contributed by atoms with Crippen LogP contribution in [0.25, 0.3) is 16.2 Å². The van der Waals surface area contributed by atoms with Gasteiger partial charge in [-0.2, -0.15) is 0 Å². The Morgan fingerprint density at radius 1 is 1.37 bits per heavy atom. The summed E-state index contributed by atoms with van der Waals surface area (Å²) in [7, 11) is 0. The highest BCUT2D eigenvalue weighted by atomic mass is 32.1. The van der Waals surface area contributed by atoms with Crippen molar-refractivity contribution in [3.63, 3.8) is 0 Å². The molecule has 0 saturated heterocycles. The lowest BCUT2D eigenvalue weighted by Crippen LogP contribution is -2.06. The highest BCUT2D eigenvalue weighted by Gasteiger charge is 2.13. The van der Waals surface area contributed by atoms with Gasteiger partial charge in [-0.05, 0) is 42.8 Å². The van der Waals surface area contributed by atoms with Crippen LogP contribution in [0.4, 0.5) is 4.39 Å². The Bertz CT molecular complexity index is 731. The van der Waals surface area contributed by atoms with E-state index in [0.29, 0.717) is 18.5 Å². The van der Waals surface area contributed by atoms with Gasteiger partial charge in [-0.1, -0.05) is 0 Å². The monoisotopic (exact) mass is 276 g/mol. The lowest BCUT2D eigenvalue weighted by atomic mass is 10.1. The maximum atomic E-state index is 13.3. The summed E-state index contributed by atoms with van der Waals surface area (Å²) < 4.78 is 15.3. The minimum absolute atomic E-state index is 0.193. The number of nitrogens with zero attached hydrogens (tertiary/aromatic N) is 3. The molecular formula is C13H13FN4S. The first-order valence-corrected chi connectivity index (χ1v) is 6.87. The van der Waals surface area contributed by atoms with Crippen LogP contribution in [0.3, 0.4) is 0 Å². The zero-order chi connectivity index (χ0) is 13.4. The summed E-state index contributed by atoms with van der Waals surface area (Å²) in [5, 5.41) is 10.3. The molecule has 6 heteroatoms. The lowest BCUT2D eigenvalue weighted by molar-refractivity contribution is 0.618. The summed E-state index contributed by atoms with van der Waals surface area (Å²) in [5.74, 6) is 0.650. The molecule has 3 aromatic rings. The van der Waals surface area contributed by atoms with Crippen LogP contribution in [-0.2, 0) is 6.42 Å². The molecule has 0 unspecified atom stereocenters. The molecule has 0 spiro atoms. The van der Waals surface area contributed by atoms with E-state index in [1.807, 2.05) is 15.8 Å². The number of thiazole rings is 1. The summed E-state index contributed by atoms with van der Waals surface area (Å²) in [5.41, 5.74) is 8.16. The number of halogens is 1. The Balaban J connectivity index is 2.18. The minimum atomic E-state index is -0.193. The van der Waals surface area contributed by atoms with Gasteiger partial charge in [-0.15, -0.1) is 21.5 Å². The van der Waals surface area contributed by atoms with E-state index < -0.39 is 0 Å². The van der Waals surface area contributed by atoms with Crippen molar-refractivity contribution in [3.8, 4) is 11.3 Å². The molecular weight excluding hydrogens is 263 g/mol. The number of fused-ring (bicyclic) bond motifs is 1. The summed E-state index contributed by atoms with van der Waals surface area (Å²) in [4.78, 5) is 0.834. The quantitative estimate of drug-likeness (QED) is 0.799. The van der Waals surface area contributed by atoms with Crippen molar-refractivity contribution in [2.45, 2.75) is 13.3 Å². The molecule has 0 aliphatic carbocycles. The second-order valence-corrected chi connectivity index (χ2v) is 5.19. The highest BCUT2D eigenvalue weighted by Crippen LogP contribution is 2.27. The van der Waals surface area contributed by atoms with Crippen molar-refractivity contribution < 1.29 is 4.39 Å². The van der Waals surface area contributed by atoms with Gasteiger partial charge in [0, 0.05) is 11.8 Å². The van der Waals surface area contributed by atoms with Gasteiger partial charge in [0.1, 0.15) is 11.6 Å². The smallest absolute Gasteiger partial charge is 0.216 e. The van der Waals surface area contributed by atoms with Crippen molar-refractivity contribution in [1.29, 1.82) is 0 Å². The second kappa shape index (κ2) is 4.71. The molecule has 2 heterocycles. The Hall–Kier alpha value is -1.79. The summed E-state index contributed by atoms with van der Waals surface area (Å²) in [6, 6.07) is 5.10. The third kappa shape index (κ3) is 2.02. The van der Waals surface area contributed by atoms with Gasteiger partial charge >= 0.3 is 0 Å². The van der Waals surface area contributed by atoms with Crippen molar-refractivity contribution in [2.24, 2.45) is 5.73 Å². The molecule has 0 saturated carbocycles. The van der Waals surface area contributed by atoms with Gasteiger partial charge in [0.25, 0.3) is 0 Å². The zero-order valence-corrected chi connectivity index (χ0v) is 11.2. The van der Waals surface area contributed by atoms with Gasteiger partial charge in [0.2, 0.25) is 4.96 Å². The third-order valence-corrected chi connectivity index (χ3v) is 3.86. The molecule has 2 N–H and O–H groups in total. The lowest BCUT2D eigenvalue weighted by Gasteiger charge is -2.04. The van der Waals surface area contributed by atoms with Crippen LogP contribution >= 0.6 is 11.3 Å². The molecule has 1 aromatic carbocycles. The fourth-order valence-electron chi connectivity index (χ4n) is 2.07. The van der Waals surface area contributed by atoms with Crippen LogP contribution in [0, 0.1) is 12.7 Å². The van der Waals surface area contributed by atoms with E-state index in [9.17, 15) is 4.39 Å². The van der Waals surface area contributed by atoms with Crippen LogP contribution in [0.2, 0.25) is 0 Å². The van der Waals surface area contributed by atoms with Crippen molar-refractivity contribution in [1.82, 2.24) is 14.6 Å². The van der Waals surface area contributed by atoms with Crippen molar-refractivity contribution in [3.05, 3.63) is 40.8 Å². The van der Waals surface area contributed by atoms with E-state index in [1.165, 1.54) is 17.4 Å². The molecule has 0 atom stereocenters. The number of rotatable bonds is 3. The predicted molar refractivity (Wildman–Crippen MR) is 73.8 cm³/mol. The van der Waals surface area contributed by atoms with E-state index in [0.717, 1.165) is 22.0 Å². The highest BCUT2D eigenvalue weighted by molar-refractivity contribution is 7.15.